The molecule has 1 rings (SSSR count). The fourth-order valence-corrected chi connectivity index (χ4v) is 1.13. The normalized spacial score (nSPS) is 15.1. The summed E-state index contributed by atoms with van der Waals surface area (Å²) >= 11 is 0. The number of hydrogen-bond donors (Lipinski definition) is 3. The van der Waals surface area contributed by atoms with Crippen molar-refractivity contribution in [3.8, 4) is 0 Å². The zero-order valence-electron chi connectivity index (χ0n) is 8.48. The van der Waals surface area contributed by atoms with Gasteiger partial charge in [-0.1, -0.05) is 6.07 Å². The maximum absolute atomic E-state index is 12.6. The van der Waals surface area contributed by atoms with Crippen LogP contribution in [-0.2, 0) is 4.79 Å². The Morgan fingerprint density at radius 3 is 2.53 bits per heavy atom. The molecular formula is C9H10F3N3O2. The minimum atomic E-state index is -4.78. The SMILES string of the molecule is NC(C(=O)O)C(Nc1ccccn1)C(F)(F)F. The topological polar surface area (TPSA) is 88.2 Å². The second-order valence-electron chi connectivity index (χ2n) is 3.24. The van der Waals surface area contributed by atoms with Crippen LogP contribution in [0, 0.1) is 0 Å². The van der Waals surface area contributed by atoms with Gasteiger partial charge in [0.2, 0.25) is 0 Å². The molecule has 17 heavy (non-hydrogen) atoms. The van der Waals surface area contributed by atoms with Gasteiger partial charge in [-0.3, -0.25) is 4.79 Å². The van der Waals surface area contributed by atoms with E-state index in [0.29, 0.717) is 0 Å². The highest BCUT2D eigenvalue weighted by Gasteiger charge is 2.46. The van der Waals surface area contributed by atoms with Crippen LogP contribution >= 0.6 is 0 Å². The molecule has 0 radical (unpaired) electrons. The molecule has 0 spiro atoms. The average molecular weight is 249 g/mol. The Morgan fingerprint density at radius 1 is 1.47 bits per heavy atom. The molecule has 1 heterocycles. The summed E-state index contributed by atoms with van der Waals surface area (Å²) in [5.74, 6) is -1.83. The molecule has 0 amide bonds. The molecule has 0 aromatic carbocycles. The van der Waals surface area contributed by atoms with Crippen molar-refractivity contribution < 1.29 is 23.1 Å². The third-order valence-corrected chi connectivity index (χ3v) is 1.97. The quantitative estimate of drug-likeness (QED) is 0.735. The van der Waals surface area contributed by atoms with Crippen molar-refractivity contribution in [2.45, 2.75) is 18.3 Å². The van der Waals surface area contributed by atoms with Gasteiger partial charge < -0.3 is 16.2 Å². The van der Waals surface area contributed by atoms with Crippen LogP contribution in [0.2, 0.25) is 0 Å². The van der Waals surface area contributed by atoms with Crippen molar-refractivity contribution in [1.29, 1.82) is 0 Å². The molecular weight excluding hydrogens is 239 g/mol. The molecule has 0 aliphatic heterocycles. The third-order valence-electron chi connectivity index (χ3n) is 1.97. The minimum absolute atomic E-state index is 0.0912. The molecule has 0 aliphatic rings. The maximum Gasteiger partial charge on any atom is 0.410 e. The van der Waals surface area contributed by atoms with Crippen molar-refractivity contribution in [2.75, 3.05) is 5.32 Å². The van der Waals surface area contributed by atoms with Gasteiger partial charge >= 0.3 is 12.1 Å². The Morgan fingerprint density at radius 2 is 2.12 bits per heavy atom. The van der Waals surface area contributed by atoms with Gasteiger partial charge in [-0.2, -0.15) is 13.2 Å². The monoisotopic (exact) mass is 249 g/mol. The summed E-state index contributed by atoms with van der Waals surface area (Å²) in [6, 6.07) is -0.223. The maximum atomic E-state index is 12.6. The standard InChI is InChI=1S/C9H10F3N3O2/c10-9(11,12)7(6(13)8(16)17)15-5-3-1-2-4-14-5/h1-4,6-7H,13H2,(H,14,15)(H,16,17). The summed E-state index contributed by atoms with van der Waals surface area (Å²) in [5.41, 5.74) is 4.98. The van der Waals surface area contributed by atoms with Crippen LogP contribution in [0.3, 0.4) is 0 Å². The van der Waals surface area contributed by atoms with Crippen molar-refractivity contribution in [2.24, 2.45) is 5.73 Å². The summed E-state index contributed by atoms with van der Waals surface area (Å²) in [6.07, 6.45) is -3.50. The number of alkyl halides is 3. The summed E-state index contributed by atoms with van der Waals surface area (Å²) in [6.45, 7) is 0. The molecule has 1 aromatic rings. The molecule has 2 atom stereocenters. The Balaban J connectivity index is 2.89. The first-order chi connectivity index (χ1) is 7.82. The van der Waals surface area contributed by atoms with Crippen molar-refractivity contribution in [3.05, 3.63) is 24.4 Å². The minimum Gasteiger partial charge on any atom is -0.480 e. The summed E-state index contributed by atoms with van der Waals surface area (Å²) in [5, 5.41) is 10.5. The molecule has 1 aromatic heterocycles. The highest BCUT2D eigenvalue weighted by molar-refractivity contribution is 5.75. The van der Waals surface area contributed by atoms with Crippen LogP contribution < -0.4 is 11.1 Å². The van der Waals surface area contributed by atoms with E-state index in [4.69, 9.17) is 10.8 Å². The molecule has 94 valence electrons. The van der Waals surface area contributed by atoms with Crippen molar-refractivity contribution in [3.63, 3.8) is 0 Å². The van der Waals surface area contributed by atoms with Gasteiger partial charge in [0.15, 0.2) is 0 Å². The molecule has 0 saturated heterocycles. The van der Waals surface area contributed by atoms with E-state index >= 15 is 0 Å². The number of halogens is 3. The third kappa shape index (κ3) is 3.59. The average Bonchev–Trinajstić information content (AvgIpc) is 2.24. The predicted molar refractivity (Wildman–Crippen MR) is 53.3 cm³/mol. The van der Waals surface area contributed by atoms with Crippen LogP contribution in [-0.4, -0.2) is 34.3 Å². The largest absolute Gasteiger partial charge is 0.480 e. The number of carboxylic acid groups (broad SMARTS) is 1. The Labute approximate surface area is 94.5 Å². The molecule has 8 heteroatoms. The fourth-order valence-electron chi connectivity index (χ4n) is 1.13. The number of nitrogens with zero attached hydrogens (tertiary/aromatic N) is 1. The lowest BCUT2D eigenvalue weighted by Crippen LogP contribution is -2.54. The number of anilines is 1. The number of aliphatic carboxylic acids is 1. The smallest absolute Gasteiger partial charge is 0.410 e. The summed E-state index contributed by atoms with van der Waals surface area (Å²) < 4.78 is 37.7. The van der Waals surface area contributed by atoms with Gasteiger partial charge in [-0.15, -0.1) is 0 Å². The molecule has 5 nitrogen and oxygen atoms in total. The van der Waals surface area contributed by atoms with Gasteiger partial charge in [0, 0.05) is 6.20 Å². The Bertz CT molecular complexity index is 383. The molecule has 0 fully saturated rings. The number of hydrogen-bond acceptors (Lipinski definition) is 4. The van der Waals surface area contributed by atoms with Crippen LogP contribution in [0.5, 0.6) is 0 Å². The molecule has 2 unspecified atom stereocenters. The van der Waals surface area contributed by atoms with Gasteiger partial charge in [0.1, 0.15) is 17.9 Å². The van der Waals surface area contributed by atoms with Crippen LogP contribution in [0.25, 0.3) is 0 Å². The van der Waals surface area contributed by atoms with E-state index in [2.05, 4.69) is 4.98 Å². The predicted octanol–water partition coefficient (Wildman–Crippen LogP) is 0.836. The number of pyridine rings is 1. The lowest BCUT2D eigenvalue weighted by atomic mass is 10.1. The Kier molecular flexibility index (Phi) is 3.89. The molecule has 4 N–H and O–H groups in total. The molecule has 0 saturated carbocycles. The zero-order chi connectivity index (χ0) is 13.1. The lowest BCUT2D eigenvalue weighted by Gasteiger charge is -2.24. The number of aromatic nitrogens is 1. The molecule has 0 aliphatic carbocycles. The molecule has 0 bridgehead atoms. The second-order valence-corrected chi connectivity index (χ2v) is 3.24. The van der Waals surface area contributed by atoms with Gasteiger partial charge in [0.25, 0.3) is 0 Å². The van der Waals surface area contributed by atoms with Gasteiger partial charge in [-0.05, 0) is 12.1 Å². The van der Waals surface area contributed by atoms with Crippen molar-refractivity contribution >= 4 is 11.8 Å². The number of rotatable bonds is 4. The number of carboxylic acids is 1. The lowest BCUT2D eigenvalue weighted by molar-refractivity contribution is -0.161. The Hall–Kier alpha value is -1.83. The van der Waals surface area contributed by atoms with Crippen LogP contribution in [0.1, 0.15) is 0 Å². The number of nitrogens with two attached hydrogens (primary N) is 1. The first kappa shape index (κ1) is 13.2. The van der Waals surface area contributed by atoms with E-state index in [1.165, 1.54) is 24.4 Å². The zero-order valence-corrected chi connectivity index (χ0v) is 8.48. The number of carbonyl (C=O) groups is 1. The van der Waals surface area contributed by atoms with E-state index < -0.39 is 24.2 Å². The van der Waals surface area contributed by atoms with E-state index in [1.807, 2.05) is 5.32 Å². The van der Waals surface area contributed by atoms with Gasteiger partial charge in [-0.25, -0.2) is 4.98 Å². The van der Waals surface area contributed by atoms with Crippen LogP contribution in [0.4, 0.5) is 19.0 Å². The number of nitrogens with one attached hydrogen (secondary N) is 1. The first-order valence-electron chi connectivity index (χ1n) is 4.55. The van der Waals surface area contributed by atoms with E-state index in [1.54, 1.807) is 0 Å². The second kappa shape index (κ2) is 5.00. The first-order valence-corrected chi connectivity index (χ1v) is 4.55. The highest BCUT2D eigenvalue weighted by atomic mass is 19.4. The van der Waals surface area contributed by atoms with E-state index in [9.17, 15) is 18.0 Å². The van der Waals surface area contributed by atoms with E-state index in [0.717, 1.165) is 0 Å². The van der Waals surface area contributed by atoms with Crippen molar-refractivity contribution in [1.82, 2.24) is 4.98 Å². The van der Waals surface area contributed by atoms with Gasteiger partial charge in [0.05, 0.1) is 0 Å². The summed E-state index contributed by atoms with van der Waals surface area (Å²) in [4.78, 5) is 14.1. The highest BCUT2D eigenvalue weighted by Crippen LogP contribution is 2.24. The van der Waals surface area contributed by atoms with E-state index in [-0.39, 0.29) is 5.82 Å². The van der Waals surface area contributed by atoms with Crippen LogP contribution in [0.15, 0.2) is 24.4 Å². The summed E-state index contributed by atoms with van der Waals surface area (Å²) in [7, 11) is 0. The fraction of sp³-hybridized carbons (Fsp3) is 0.333.